The van der Waals surface area contributed by atoms with Gasteiger partial charge in [0.05, 0.1) is 23.0 Å². The van der Waals surface area contributed by atoms with E-state index in [4.69, 9.17) is 10.7 Å². The van der Waals surface area contributed by atoms with Crippen LogP contribution in [0.4, 0.5) is 5.69 Å². The van der Waals surface area contributed by atoms with Crippen molar-refractivity contribution in [3.05, 3.63) is 161 Å². The van der Waals surface area contributed by atoms with Crippen LogP contribution in [-0.4, -0.2) is 29.8 Å². The molecule has 6 aromatic rings. The highest BCUT2D eigenvalue weighted by Gasteiger charge is 2.34. The molecule has 3 N–H and O–H groups in total. The molecule has 48 heavy (non-hydrogen) atoms. The molecule has 0 saturated heterocycles. The maximum atomic E-state index is 6.47. The zero-order valence-corrected chi connectivity index (χ0v) is 26.9. The molecule has 0 saturated carbocycles. The van der Waals surface area contributed by atoms with Gasteiger partial charge in [-0.2, -0.15) is 0 Å². The summed E-state index contributed by atoms with van der Waals surface area (Å²) in [5.74, 6) is 0.394. The molecule has 234 valence electrons. The Labute approximate surface area is 281 Å². The largest absolute Gasteiger partial charge is 0.379 e. The van der Waals surface area contributed by atoms with Crippen LogP contribution in [0.5, 0.6) is 0 Å². The van der Waals surface area contributed by atoms with Gasteiger partial charge in [0.25, 0.3) is 0 Å². The van der Waals surface area contributed by atoms with E-state index in [2.05, 4.69) is 132 Å². The zero-order valence-electron chi connectivity index (χ0n) is 26.9. The first-order valence-corrected chi connectivity index (χ1v) is 17.2. The lowest BCUT2D eigenvalue weighted by atomic mass is 9.74. The number of nitrogens with two attached hydrogens (primary N) is 1. The molecule has 4 nitrogen and oxygen atoms in total. The van der Waals surface area contributed by atoms with Crippen molar-refractivity contribution in [2.45, 2.75) is 37.1 Å². The summed E-state index contributed by atoms with van der Waals surface area (Å²) in [6.45, 7) is 1.34. The summed E-state index contributed by atoms with van der Waals surface area (Å²) in [6, 6.07) is 35.5. The molecule has 0 spiro atoms. The average Bonchev–Trinajstić information content (AvgIpc) is 3.16. The number of aromatic nitrogens is 1. The van der Waals surface area contributed by atoms with Gasteiger partial charge in [-0.1, -0.05) is 115 Å². The highest BCUT2D eigenvalue weighted by molar-refractivity contribution is 6.26. The second-order valence-electron chi connectivity index (χ2n) is 13.2. The molecule has 3 atom stereocenters. The standard InChI is InChI=1S/C44H38N4/c45-27-32(13-7-10-28-23-25-47-44-33(28)22-21-29-14-9-24-46-43(29)44)30-11-8-12-31(26-30)42-41-37-18-4-2-16-35(37)34-15-1-3-17-36(34)40(41)38-19-5-6-20-39(38)48-42/h1-5,7-9,11-19,21-24,26,32,38-39,47H,6,10,20,25,27,45H2/b13-7-. The molecule has 4 heteroatoms. The summed E-state index contributed by atoms with van der Waals surface area (Å²) in [6.07, 6.45) is 16.5. The minimum Gasteiger partial charge on any atom is -0.379 e. The fourth-order valence-electron chi connectivity index (χ4n) is 8.24. The van der Waals surface area contributed by atoms with Crippen LogP contribution in [0.15, 0.2) is 139 Å². The predicted octanol–water partition coefficient (Wildman–Crippen LogP) is 9.69. The molecule has 3 aliphatic rings. The van der Waals surface area contributed by atoms with E-state index in [-0.39, 0.29) is 17.9 Å². The van der Waals surface area contributed by atoms with Crippen LogP contribution in [0.25, 0.3) is 38.0 Å². The topological polar surface area (TPSA) is 63.3 Å². The lowest BCUT2D eigenvalue weighted by molar-refractivity contribution is 0.544. The Morgan fingerprint density at radius 1 is 0.875 bits per heavy atom. The van der Waals surface area contributed by atoms with Crippen molar-refractivity contribution in [3.63, 3.8) is 0 Å². The Morgan fingerprint density at radius 2 is 1.71 bits per heavy atom. The molecule has 5 aromatic carbocycles. The number of hydrogen-bond donors (Lipinski definition) is 2. The van der Waals surface area contributed by atoms with Crippen LogP contribution in [0, 0.1) is 0 Å². The Bertz CT molecular complexity index is 2340. The smallest absolute Gasteiger partial charge is 0.0939 e. The van der Waals surface area contributed by atoms with Crippen LogP contribution >= 0.6 is 0 Å². The third kappa shape index (κ3) is 4.79. The van der Waals surface area contributed by atoms with Crippen molar-refractivity contribution in [1.82, 2.24) is 4.98 Å². The van der Waals surface area contributed by atoms with Crippen molar-refractivity contribution in [2.75, 3.05) is 18.4 Å². The summed E-state index contributed by atoms with van der Waals surface area (Å²) in [4.78, 5) is 10.2. The van der Waals surface area contributed by atoms with Crippen molar-refractivity contribution in [2.24, 2.45) is 10.7 Å². The van der Waals surface area contributed by atoms with Gasteiger partial charge in [-0.25, -0.2) is 0 Å². The molecule has 0 bridgehead atoms. The molecule has 3 heterocycles. The van der Waals surface area contributed by atoms with Crippen molar-refractivity contribution < 1.29 is 0 Å². The van der Waals surface area contributed by atoms with E-state index in [9.17, 15) is 0 Å². The van der Waals surface area contributed by atoms with E-state index in [1.807, 2.05) is 12.3 Å². The fourth-order valence-corrected chi connectivity index (χ4v) is 8.24. The first kappa shape index (κ1) is 28.9. The van der Waals surface area contributed by atoms with Crippen LogP contribution < -0.4 is 11.1 Å². The molecule has 1 aromatic heterocycles. The van der Waals surface area contributed by atoms with Gasteiger partial charge in [-0.05, 0) is 69.6 Å². The van der Waals surface area contributed by atoms with Gasteiger partial charge in [0.15, 0.2) is 0 Å². The monoisotopic (exact) mass is 622 g/mol. The number of pyridine rings is 1. The van der Waals surface area contributed by atoms with Gasteiger partial charge in [0.2, 0.25) is 0 Å². The van der Waals surface area contributed by atoms with Crippen molar-refractivity contribution in [3.8, 4) is 0 Å². The number of anilines is 1. The van der Waals surface area contributed by atoms with Crippen LogP contribution in [0.2, 0.25) is 0 Å². The minimum atomic E-state index is 0.104. The summed E-state index contributed by atoms with van der Waals surface area (Å²) in [5, 5.41) is 9.95. The van der Waals surface area contributed by atoms with Crippen LogP contribution in [0.1, 0.15) is 58.9 Å². The van der Waals surface area contributed by atoms with E-state index in [0.29, 0.717) is 6.54 Å². The van der Waals surface area contributed by atoms with E-state index in [1.54, 1.807) is 0 Å². The van der Waals surface area contributed by atoms with Crippen LogP contribution in [0.3, 0.4) is 0 Å². The quantitative estimate of drug-likeness (QED) is 0.144. The third-order valence-corrected chi connectivity index (χ3v) is 10.5. The normalized spacial score (nSPS) is 19.0. The number of hydrogen-bond acceptors (Lipinski definition) is 4. The predicted molar refractivity (Wildman–Crippen MR) is 202 cm³/mol. The Morgan fingerprint density at radius 3 is 2.58 bits per heavy atom. The third-order valence-electron chi connectivity index (χ3n) is 10.5. The Hall–Kier alpha value is -5.32. The summed E-state index contributed by atoms with van der Waals surface area (Å²) >= 11 is 0. The van der Waals surface area contributed by atoms with Gasteiger partial charge in [0, 0.05) is 53.2 Å². The highest BCUT2D eigenvalue weighted by atomic mass is 14.9. The number of aliphatic imine (C=N–C) groups is 1. The van der Waals surface area contributed by atoms with E-state index < -0.39 is 0 Å². The maximum absolute atomic E-state index is 6.47. The lowest BCUT2D eigenvalue weighted by Crippen LogP contribution is -2.28. The Balaban J connectivity index is 1.08. The van der Waals surface area contributed by atoms with Crippen molar-refractivity contribution >= 4 is 49.4 Å². The lowest BCUT2D eigenvalue weighted by Gasteiger charge is -2.34. The molecule has 1 aliphatic carbocycles. The second-order valence-corrected chi connectivity index (χ2v) is 13.2. The number of allylic oxidation sites excluding steroid dienone is 3. The number of benzene rings is 5. The molecular formula is C44H38N4. The van der Waals surface area contributed by atoms with Gasteiger partial charge < -0.3 is 11.1 Å². The van der Waals surface area contributed by atoms with E-state index in [1.165, 1.54) is 54.9 Å². The van der Waals surface area contributed by atoms with E-state index >= 15 is 0 Å². The van der Waals surface area contributed by atoms with Gasteiger partial charge >= 0.3 is 0 Å². The molecule has 9 rings (SSSR count). The van der Waals surface area contributed by atoms with Gasteiger partial charge in [0.1, 0.15) is 0 Å². The molecule has 0 amide bonds. The van der Waals surface area contributed by atoms with Crippen molar-refractivity contribution in [1.29, 1.82) is 0 Å². The SMILES string of the molecule is NCC(/C=C\CC1=CCNc2c1ccc1cccnc21)c1cccc(C2=NC3CCC=CC3c3c2c2ccccc2c2ccccc32)c1. The first-order valence-electron chi connectivity index (χ1n) is 17.2. The number of rotatable bonds is 6. The average molecular weight is 623 g/mol. The number of fused-ring (bicyclic) bond motifs is 11. The molecule has 0 fully saturated rings. The van der Waals surface area contributed by atoms with Gasteiger partial charge in [-0.15, -0.1) is 0 Å². The molecular weight excluding hydrogens is 585 g/mol. The summed E-state index contributed by atoms with van der Waals surface area (Å²) in [7, 11) is 0. The van der Waals surface area contributed by atoms with Gasteiger partial charge in [-0.3, -0.25) is 9.98 Å². The molecule has 3 unspecified atom stereocenters. The molecule has 2 aliphatic heterocycles. The summed E-state index contributed by atoms with van der Waals surface area (Å²) < 4.78 is 0. The first-order chi connectivity index (χ1) is 23.8. The fraction of sp³-hybridized carbons (Fsp3) is 0.182. The number of nitrogens with one attached hydrogen (secondary N) is 1. The van der Waals surface area contributed by atoms with Crippen LogP contribution in [-0.2, 0) is 0 Å². The maximum Gasteiger partial charge on any atom is 0.0939 e. The second kappa shape index (κ2) is 12.0. The number of nitrogens with zero attached hydrogens (tertiary/aromatic N) is 2. The Kier molecular flexibility index (Phi) is 7.24. The zero-order chi connectivity index (χ0) is 32.0. The van der Waals surface area contributed by atoms with E-state index in [0.717, 1.165) is 48.1 Å². The highest BCUT2D eigenvalue weighted by Crippen LogP contribution is 2.45. The molecule has 0 radical (unpaired) electrons. The summed E-state index contributed by atoms with van der Waals surface area (Å²) in [5.41, 5.74) is 17.4. The minimum absolute atomic E-state index is 0.104.